The molecule has 0 saturated carbocycles. The number of hydrogen-bond donors (Lipinski definition) is 2. The number of hydrogen-bond acceptors (Lipinski definition) is 7. The quantitative estimate of drug-likeness (QED) is 0.680. The van der Waals surface area contributed by atoms with Crippen LogP contribution in [0.4, 0.5) is 5.69 Å². The van der Waals surface area contributed by atoms with Crippen LogP contribution in [0.15, 0.2) is 53.7 Å². The van der Waals surface area contributed by atoms with E-state index in [2.05, 4.69) is 20.5 Å². The summed E-state index contributed by atoms with van der Waals surface area (Å²) in [5, 5.41) is 21.3. The van der Waals surface area contributed by atoms with Crippen LogP contribution in [-0.4, -0.2) is 32.5 Å². The number of fused-ring (bicyclic) bond motifs is 3. The molecule has 1 aliphatic heterocycles. The summed E-state index contributed by atoms with van der Waals surface area (Å²) < 4.78 is 6.08. The molecule has 1 atom stereocenters. The molecule has 0 spiro atoms. The van der Waals surface area contributed by atoms with Gasteiger partial charge in [-0.1, -0.05) is 42.1 Å². The van der Waals surface area contributed by atoms with Crippen LogP contribution in [0, 0.1) is 0 Å². The summed E-state index contributed by atoms with van der Waals surface area (Å²) in [6.07, 6.45) is 1.33. The Labute approximate surface area is 153 Å². The summed E-state index contributed by atoms with van der Waals surface area (Å²) in [5.41, 5.74) is 3.25. The van der Waals surface area contributed by atoms with E-state index in [1.54, 1.807) is 24.3 Å². The van der Waals surface area contributed by atoms with Crippen molar-refractivity contribution in [3.63, 3.8) is 0 Å². The molecule has 0 aliphatic carbocycles. The Bertz CT molecular complexity index is 978. The van der Waals surface area contributed by atoms with E-state index in [9.17, 15) is 4.79 Å². The van der Waals surface area contributed by atoms with Crippen LogP contribution in [0.25, 0.3) is 11.3 Å². The van der Waals surface area contributed by atoms with E-state index in [1.807, 2.05) is 30.5 Å². The molecule has 130 valence electrons. The van der Waals surface area contributed by atoms with Gasteiger partial charge in [-0.3, -0.25) is 0 Å². The molecular weight excluding hydrogens is 352 g/mol. The maximum atomic E-state index is 11.1. The lowest BCUT2D eigenvalue weighted by molar-refractivity contribution is 0.0696. The maximum absolute atomic E-state index is 11.1. The fraction of sp³-hybridized carbons (Fsp3) is 0.111. The van der Waals surface area contributed by atoms with Crippen LogP contribution in [0.2, 0.25) is 0 Å². The molecule has 0 amide bonds. The van der Waals surface area contributed by atoms with E-state index >= 15 is 0 Å². The number of anilines is 1. The van der Waals surface area contributed by atoms with Gasteiger partial charge in [0.2, 0.25) is 11.0 Å². The first-order valence-corrected chi connectivity index (χ1v) is 9.03. The molecule has 1 aliphatic rings. The monoisotopic (exact) mass is 366 g/mol. The summed E-state index contributed by atoms with van der Waals surface area (Å²) in [6.45, 7) is 0. The Morgan fingerprint density at radius 3 is 2.65 bits per heavy atom. The van der Waals surface area contributed by atoms with Gasteiger partial charge in [0.25, 0.3) is 0 Å². The predicted octanol–water partition coefficient (Wildman–Crippen LogP) is 3.46. The minimum Gasteiger partial charge on any atom is -0.478 e. The second-order valence-electron chi connectivity index (χ2n) is 5.57. The third-order valence-electron chi connectivity index (χ3n) is 3.98. The van der Waals surface area contributed by atoms with Crippen molar-refractivity contribution < 1.29 is 14.6 Å². The van der Waals surface area contributed by atoms with Crippen LogP contribution in [0.1, 0.15) is 22.1 Å². The second kappa shape index (κ2) is 6.64. The Balaban J connectivity index is 1.80. The van der Waals surface area contributed by atoms with Crippen molar-refractivity contribution in [1.29, 1.82) is 0 Å². The van der Waals surface area contributed by atoms with Crippen LogP contribution in [0.5, 0.6) is 5.88 Å². The van der Waals surface area contributed by atoms with Gasteiger partial charge < -0.3 is 15.2 Å². The van der Waals surface area contributed by atoms with E-state index in [-0.39, 0.29) is 5.56 Å². The molecule has 7 nitrogen and oxygen atoms in total. The molecule has 2 heterocycles. The Kier molecular flexibility index (Phi) is 4.18. The van der Waals surface area contributed by atoms with Crippen molar-refractivity contribution in [3.05, 3.63) is 59.7 Å². The number of carbonyl (C=O) groups is 1. The molecule has 3 aromatic rings. The average molecular weight is 366 g/mol. The number of benzene rings is 2. The fourth-order valence-electron chi connectivity index (χ4n) is 2.69. The maximum Gasteiger partial charge on any atom is 0.335 e. The van der Waals surface area contributed by atoms with Crippen molar-refractivity contribution in [3.8, 4) is 17.1 Å². The molecule has 0 saturated heterocycles. The van der Waals surface area contributed by atoms with Gasteiger partial charge in [0.15, 0.2) is 11.9 Å². The topological polar surface area (TPSA) is 97.2 Å². The van der Waals surface area contributed by atoms with E-state index < -0.39 is 12.2 Å². The number of carboxylic acids is 1. The van der Waals surface area contributed by atoms with Crippen LogP contribution in [-0.2, 0) is 0 Å². The number of nitrogens with one attached hydrogen (secondary N) is 1. The van der Waals surface area contributed by atoms with Gasteiger partial charge in [-0.25, -0.2) is 4.79 Å². The average Bonchev–Trinajstić information content (AvgIpc) is 2.84. The SMILES string of the molecule is CSc1nnc2c(n1)O[C@@H](c1ccc(C(=O)O)cc1)Nc1ccccc1-2. The van der Waals surface area contributed by atoms with Crippen molar-refractivity contribution in [2.24, 2.45) is 0 Å². The molecule has 8 heteroatoms. The van der Waals surface area contributed by atoms with Crippen molar-refractivity contribution in [1.82, 2.24) is 15.2 Å². The third-order valence-corrected chi connectivity index (χ3v) is 4.51. The highest BCUT2D eigenvalue weighted by Gasteiger charge is 2.25. The number of ether oxygens (including phenoxy) is 1. The summed E-state index contributed by atoms with van der Waals surface area (Å²) in [7, 11) is 0. The molecule has 0 bridgehead atoms. The molecule has 1 aromatic heterocycles. The minimum atomic E-state index is -0.969. The van der Waals surface area contributed by atoms with Crippen LogP contribution < -0.4 is 10.1 Å². The van der Waals surface area contributed by atoms with Gasteiger partial charge in [-0.2, -0.15) is 4.98 Å². The number of thioether (sulfide) groups is 1. The van der Waals surface area contributed by atoms with Gasteiger partial charge in [-0.15, -0.1) is 10.2 Å². The zero-order valence-electron chi connectivity index (χ0n) is 13.7. The first-order chi connectivity index (χ1) is 12.7. The lowest BCUT2D eigenvalue weighted by atomic mass is 10.1. The van der Waals surface area contributed by atoms with Gasteiger partial charge in [-0.05, 0) is 24.5 Å². The number of para-hydroxylation sites is 1. The third kappa shape index (κ3) is 2.95. The zero-order valence-corrected chi connectivity index (χ0v) is 14.5. The van der Waals surface area contributed by atoms with Gasteiger partial charge in [0.1, 0.15) is 0 Å². The molecule has 0 unspecified atom stereocenters. The normalized spacial score (nSPS) is 15.0. The molecule has 0 fully saturated rings. The fourth-order valence-corrected chi connectivity index (χ4v) is 2.98. The first kappa shape index (κ1) is 16.3. The lowest BCUT2D eigenvalue weighted by Gasteiger charge is -2.19. The molecule has 2 N–H and O–H groups in total. The minimum absolute atomic E-state index is 0.219. The number of nitrogens with zero attached hydrogens (tertiary/aromatic N) is 3. The lowest BCUT2D eigenvalue weighted by Crippen LogP contribution is -2.17. The predicted molar refractivity (Wildman–Crippen MR) is 97.4 cm³/mol. The summed E-state index contributed by atoms with van der Waals surface area (Å²) in [6, 6.07) is 14.2. The van der Waals surface area contributed by atoms with Crippen molar-refractivity contribution in [2.75, 3.05) is 11.6 Å². The summed E-state index contributed by atoms with van der Waals surface area (Å²) in [4.78, 5) is 15.5. The Morgan fingerprint density at radius 1 is 1.15 bits per heavy atom. The highest BCUT2D eigenvalue weighted by atomic mass is 32.2. The van der Waals surface area contributed by atoms with Crippen molar-refractivity contribution >= 4 is 23.4 Å². The zero-order chi connectivity index (χ0) is 18.1. The molecule has 4 rings (SSSR count). The highest BCUT2D eigenvalue weighted by Crippen LogP contribution is 2.39. The first-order valence-electron chi connectivity index (χ1n) is 7.80. The largest absolute Gasteiger partial charge is 0.478 e. The molecule has 26 heavy (non-hydrogen) atoms. The van der Waals surface area contributed by atoms with E-state index in [0.29, 0.717) is 16.7 Å². The highest BCUT2D eigenvalue weighted by molar-refractivity contribution is 7.98. The Morgan fingerprint density at radius 2 is 1.92 bits per heavy atom. The number of aromatic carboxylic acids is 1. The van der Waals surface area contributed by atoms with E-state index in [0.717, 1.165) is 16.8 Å². The van der Waals surface area contributed by atoms with Gasteiger partial charge in [0.05, 0.1) is 5.56 Å². The van der Waals surface area contributed by atoms with Crippen LogP contribution >= 0.6 is 11.8 Å². The van der Waals surface area contributed by atoms with E-state index in [1.165, 1.54) is 11.8 Å². The molecule has 2 aromatic carbocycles. The van der Waals surface area contributed by atoms with Gasteiger partial charge in [0, 0.05) is 16.8 Å². The van der Waals surface area contributed by atoms with Gasteiger partial charge >= 0.3 is 5.97 Å². The second-order valence-corrected chi connectivity index (χ2v) is 6.34. The van der Waals surface area contributed by atoms with Crippen LogP contribution in [0.3, 0.4) is 0 Å². The number of carboxylic acid groups (broad SMARTS) is 1. The number of aromatic nitrogens is 3. The standard InChI is InChI=1S/C18H14N4O3S/c1-26-18-20-16-14(21-22-18)12-4-2-3-5-13(12)19-15(25-16)10-6-8-11(9-7-10)17(23)24/h2-9,15,19H,1H3,(H,23,24)/t15-/m0/s1. The molecular formula is C18H14N4O3S. The Hall–Kier alpha value is -3.13. The smallest absolute Gasteiger partial charge is 0.335 e. The number of rotatable bonds is 3. The van der Waals surface area contributed by atoms with Crippen molar-refractivity contribution in [2.45, 2.75) is 11.4 Å². The summed E-state index contributed by atoms with van der Waals surface area (Å²) >= 11 is 1.38. The summed E-state index contributed by atoms with van der Waals surface area (Å²) in [5.74, 6) is -0.586. The molecule has 0 radical (unpaired) electrons. The van der Waals surface area contributed by atoms with E-state index in [4.69, 9.17) is 9.84 Å².